The Hall–Kier alpha value is 0.580. The summed E-state index contributed by atoms with van der Waals surface area (Å²) < 4.78 is 11.1. The predicted octanol–water partition coefficient (Wildman–Crippen LogP) is 1.40. The van der Waals surface area contributed by atoms with E-state index in [4.69, 9.17) is 9.47 Å². The molecule has 1 N–H and O–H groups in total. The predicted molar refractivity (Wildman–Crippen MR) is 74.0 cm³/mol. The van der Waals surface area contributed by atoms with Crippen LogP contribution in [-0.4, -0.2) is 47.1 Å². The average molecular weight is 278 g/mol. The topological polar surface area (TPSA) is 42.0 Å². The van der Waals surface area contributed by atoms with Crippen molar-refractivity contribution < 1.29 is 14.6 Å². The zero-order chi connectivity index (χ0) is 12.6. The van der Waals surface area contributed by atoms with Gasteiger partial charge in [-0.1, -0.05) is 13.8 Å². The highest BCUT2D eigenvalue weighted by molar-refractivity contribution is 7.81. The van der Waals surface area contributed by atoms with Crippen LogP contribution < -0.4 is 0 Å². The molecule has 2 fully saturated rings. The summed E-state index contributed by atoms with van der Waals surface area (Å²) in [4.78, 5) is 0. The van der Waals surface area contributed by atoms with E-state index in [2.05, 4.69) is 39.1 Å². The highest BCUT2D eigenvalue weighted by atomic mass is 32.1. The van der Waals surface area contributed by atoms with Crippen LogP contribution in [0, 0.1) is 11.8 Å². The summed E-state index contributed by atoms with van der Waals surface area (Å²) >= 11 is 8.77. The number of thiol groups is 2. The molecule has 2 heterocycles. The van der Waals surface area contributed by atoms with E-state index in [1.54, 1.807) is 0 Å². The number of rotatable bonds is 4. The summed E-state index contributed by atoms with van der Waals surface area (Å²) in [7, 11) is 0. The normalized spacial score (nSPS) is 45.4. The molecule has 0 amide bonds. The Morgan fingerprint density at radius 3 is 2.71 bits per heavy atom. The van der Waals surface area contributed by atoms with Crippen molar-refractivity contribution in [2.75, 3.05) is 13.2 Å². The minimum Gasteiger partial charge on any atom is -0.392 e. The number of aliphatic hydroxyl groups is 1. The fraction of sp³-hybridized carbons (Fsp3) is 1.00. The Bertz CT molecular complexity index is 262. The van der Waals surface area contributed by atoms with Gasteiger partial charge >= 0.3 is 0 Å². The number of ether oxygens (including phenoxy) is 2. The highest BCUT2D eigenvalue weighted by Gasteiger charge is 2.46. The van der Waals surface area contributed by atoms with Crippen LogP contribution in [0.3, 0.4) is 0 Å². The quantitative estimate of drug-likeness (QED) is 0.538. The second-order valence-electron chi connectivity index (χ2n) is 5.33. The van der Waals surface area contributed by atoms with Gasteiger partial charge in [0.15, 0.2) is 0 Å². The molecule has 5 heteroatoms. The standard InChI is InChI=1S/C12H22O3S2/c1-6(7(2)16)12-9(15-12)3-8-4-14-5-10(17)11(8)13/h6-13,16-17H,3-5H2,1-2H3. The summed E-state index contributed by atoms with van der Waals surface area (Å²) in [5, 5.41) is 10.3. The van der Waals surface area contributed by atoms with Crippen LogP contribution in [0.4, 0.5) is 0 Å². The van der Waals surface area contributed by atoms with Crippen molar-refractivity contribution in [3.63, 3.8) is 0 Å². The molecule has 2 aliphatic rings. The summed E-state index contributed by atoms with van der Waals surface area (Å²) in [6, 6.07) is 0. The molecule has 0 radical (unpaired) electrons. The number of epoxide rings is 1. The molecule has 3 nitrogen and oxygen atoms in total. The molecule has 0 bridgehead atoms. The van der Waals surface area contributed by atoms with E-state index in [0.717, 1.165) is 6.42 Å². The molecule has 0 spiro atoms. The fourth-order valence-electron chi connectivity index (χ4n) is 2.44. The van der Waals surface area contributed by atoms with Crippen molar-refractivity contribution in [2.24, 2.45) is 11.8 Å². The van der Waals surface area contributed by atoms with Crippen LogP contribution in [0.1, 0.15) is 20.3 Å². The first-order chi connectivity index (χ1) is 8.00. The molecule has 0 aromatic rings. The van der Waals surface area contributed by atoms with Crippen molar-refractivity contribution in [3.05, 3.63) is 0 Å². The highest BCUT2D eigenvalue weighted by Crippen LogP contribution is 2.38. The van der Waals surface area contributed by atoms with Crippen molar-refractivity contribution in [2.45, 2.75) is 49.1 Å². The van der Waals surface area contributed by atoms with Crippen molar-refractivity contribution >= 4 is 25.3 Å². The maximum atomic E-state index is 10.0. The van der Waals surface area contributed by atoms with Crippen molar-refractivity contribution in [1.29, 1.82) is 0 Å². The van der Waals surface area contributed by atoms with Crippen LogP contribution >= 0.6 is 25.3 Å². The molecule has 0 aromatic carbocycles. The monoisotopic (exact) mass is 278 g/mol. The van der Waals surface area contributed by atoms with Crippen LogP contribution in [0.15, 0.2) is 0 Å². The lowest BCUT2D eigenvalue weighted by Gasteiger charge is -2.32. The van der Waals surface area contributed by atoms with Gasteiger partial charge in [-0.05, 0) is 12.3 Å². The Morgan fingerprint density at radius 2 is 2.06 bits per heavy atom. The van der Waals surface area contributed by atoms with Crippen LogP contribution in [0.2, 0.25) is 0 Å². The number of hydrogen-bond acceptors (Lipinski definition) is 5. The maximum absolute atomic E-state index is 10.0. The zero-order valence-electron chi connectivity index (χ0n) is 10.3. The molecule has 100 valence electrons. The van der Waals surface area contributed by atoms with Gasteiger partial charge in [0, 0.05) is 11.2 Å². The molecular formula is C12H22O3S2. The van der Waals surface area contributed by atoms with Crippen molar-refractivity contribution in [1.82, 2.24) is 0 Å². The van der Waals surface area contributed by atoms with Crippen molar-refractivity contribution in [3.8, 4) is 0 Å². The van der Waals surface area contributed by atoms with Gasteiger partial charge < -0.3 is 14.6 Å². The van der Waals surface area contributed by atoms with E-state index in [1.165, 1.54) is 0 Å². The zero-order valence-corrected chi connectivity index (χ0v) is 12.1. The van der Waals surface area contributed by atoms with Gasteiger partial charge in [-0.15, -0.1) is 0 Å². The van der Waals surface area contributed by atoms with Gasteiger partial charge in [0.1, 0.15) is 0 Å². The smallest absolute Gasteiger partial charge is 0.0877 e. The lowest BCUT2D eigenvalue weighted by atomic mass is 9.90. The molecule has 0 saturated carbocycles. The van der Waals surface area contributed by atoms with Gasteiger partial charge in [0.05, 0.1) is 36.8 Å². The first-order valence-corrected chi connectivity index (χ1v) is 7.31. The SMILES string of the molecule is CC(S)C(C)C1OC1CC1COCC(S)C1O. The lowest BCUT2D eigenvalue weighted by Crippen LogP contribution is -2.41. The third-order valence-corrected chi connectivity index (χ3v) is 4.86. The van der Waals surface area contributed by atoms with E-state index in [-0.39, 0.29) is 23.4 Å². The molecule has 7 unspecified atom stereocenters. The minimum atomic E-state index is -0.374. The van der Waals surface area contributed by atoms with E-state index < -0.39 is 0 Å². The second-order valence-corrected chi connectivity index (χ2v) is 6.81. The number of hydrogen-bond donors (Lipinski definition) is 3. The Morgan fingerprint density at radius 1 is 1.35 bits per heavy atom. The summed E-state index contributed by atoms with van der Waals surface area (Å²) in [6.07, 6.45) is 1.06. The average Bonchev–Trinajstić information content (AvgIpc) is 3.03. The van der Waals surface area contributed by atoms with Gasteiger partial charge in [-0.25, -0.2) is 0 Å². The van der Waals surface area contributed by atoms with Crippen LogP contribution in [0.25, 0.3) is 0 Å². The van der Waals surface area contributed by atoms with E-state index in [0.29, 0.717) is 30.5 Å². The van der Waals surface area contributed by atoms with Gasteiger partial charge in [0.25, 0.3) is 0 Å². The summed E-state index contributed by atoms with van der Waals surface area (Å²) in [5.41, 5.74) is 0. The van der Waals surface area contributed by atoms with E-state index >= 15 is 0 Å². The maximum Gasteiger partial charge on any atom is 0.0877 e. The Balaban J connectivity index is 1.79. The molecule has 17 heavy (non-hydrogen) atoms. The molecule has 0 aromatic heterocycles. The van der Waals surface area contributed by atoms with E-state index in [9.17, 15) is 5.11 Å². The Kier molecular flexibility index (Phi) is 4.69. The molecule has 2 saturated heterocycles. The first-order valence-electron chi connectivity index (χ1n) is 6.28. The van der Waals surface area contributed by atoms with Crippen LogP contribution in [0.5, 0.6) is 0 Å². The molecule has 7 atom stereocenters. The lowest BCUT2D eigenvalue weighted by molar-refractivity contribution is -0.0343. The molecule has 2 aliphatic heterocycles. The summed E-state index contributed by atoms with van der Waals surface area (Å²) in [5.74, 6) is 0.612. The third kappa shape index (κ3) is 3.32. The largest absolute Gasteiger partial charge is 0.392 e. The summed E-state index contributed by atoms with van der Waals surface area (Å²) in [6.45, 7) is 5.42. The Labute approximate surface area is 114 Å². The minimum absolute atomic E-state index is 0.0628. The second kappa shape index (κ2) is 5.70. The van der Waals surface area contributed by atoms with Gasteiger partial charge in [0.2, 0.25) is 0 Å². The molecule has 0 aliphatic carbocycles. The van der Waals surface area contributed by atoms with Crippen LogP contribution in [-0.2, 0) is 9.47 Å². The molecular weight excluding hydrogens is 256 g/mol. The third-order valence-electron chi connectivity index (χ3n) is 3.93. The van der Waals surface area contributed by atoms with E-state index in [1.807, 2.05) is 0 Å². The van der Waals surface area contributed by atoms with Gasteiger partial charge in [-0.3, -0.25) is 0 Å². The first kappa shape index (κ1) is 14.0. The fourth-order valence-corrected chi connectivity index (χ4v) is 2.96. The van der Waals surface area contributed by atoms with Gasteiger partial charge in [-0.2, -0.15) is 25.3 Å². The molecule has 2 rings (SSSR count). The number of aliphatic hydroxyl groups excluding tert-OH is 1.